The molecule has 0 amide bonds. The van der Waals surface area contributed by atoms with Gasteiger partial charge in [-0.2, -0.15) is 0 Å². The lowest BCUT2D eigenvalue weighted by molar-refractivity contribution is -0.136. The van der Waals surface area contributed by atoms with Crippen LogP contribution in [0.15, 0.2) is 0 Å². The molecule has 0 spiro atoms. The van der Waals surface area contributed by atoms with E-state index in [2.05, 4.69) is 6.92 Å². The van der Waals surface area contributed by atoms with Crippen LogP contribution in [0, 0.1) is 6.92 Å². The Bertz CT molecular complexity index is 40.2. The second-order valence-electron chi connectivity index (χ2n) is 0.644. The molecule has 0 aromatic carbocycles. The molecular formula is C3H5O2+. The van der Waals surface area contributed by atoms with Gasteiger partial charge in [0.25, 0.3) is 0 Å². The van der Waals surface area contributed by atoms with Gasteiger partial charge in [0.1, 0.15) is 0 Å². The summed E-state index contributed by atoms with van der Waals surface area (Å²) in [7, 11) is 0. The first-order valence-electron chi connectivity index (χ1n) is 1.28. The van der Waals surface area contributed by atoms with E-state index in [0.29, 0.717) is 0 Å². The smallest absolute Gasteiger partial charge is 0.348 e. The molecule has 0 bridgehead atoms. The maximum Gasteiger partial charge on any atom is 0.348 e. The van der Waals surface area contributed by atoms with E-state index in [4.69, 9.17) is 5.11 Å². The van der Waals surface area contributed by atoms with Gasteiger partial charge in [0.15, 0.2) is 6.42 Å². The zero-order valence-corrected chi connectivity index (χ0v) is 2.77. The van der Waals surface area contributed by atoms with E-state index in [1.165, 1.54) is 0 Å². The Balaban J connectivity index is 2.85. The second-order valence-corrected chi connectivity index (χ2v) is 0.644. The van der Waals surface area contributed by atoms with Gasteiger partial charge in [0, 0.05) is 0 Å². The van der Waals surface area contributed by atoms with Gasteiger partial charge in [-0.25, -0.2) is 4.79 Å². The maximum atomic E-state index is 9.31. The predicted molar refractivity (Wildman–Crippen MR) is 17.6 cm³/mol. The summed E-state index contributed by atoms with van der Waals surface area (Å²) in [6.45, 7) is 3.09. The molecule has 2 heteroatoms. The molecule has 1 N–H and O–H groups in total. The van der Waals surface area contributed by atoms with Gasteiger partial charge in [-0.1, -0.05) is 0 Å². The molecule has 0 atom stereocenters. The Morgan fingerprint density at radius 2 is 2.20 bits per heavy atom. The third kappa shape index (κ3) is 3.34. The maximum absolute atomic E-state index is 9.31. The minimum atomic E-state index is -0.856. The highest BCUT2D eigenvalue weighted by Crippen LogP contribution is 1.66. The van der Waals surface area contributed by atoms with Gasteiger partial charge in [-0.3, -0.25) is 0 Å². The molecule has 0 aromatic rings. The zero-order valence-electron chi connectivity index (χ0n) is 2.77. The van der Waals surface area contributed by atoms with Crippen LogP contribution in [0.3, 0.4) is 0 Å². The van der Waals surface area contributed by atoms with E-state index in [1.54, 1.807) is 0 Å². The van der Waals surface area contributed by atoms with Crippen LogP contribution in [0.5, 0.6) is 0 Å². The Hall–Kier alpha value is -0.660. The van der Waals surface area contributed by atoms with Crippen LogP contribution >= 0.6 is 0 Å². The molecule has 0 unspecified atom stereocenters. The molecule has 0 aromatic heterocycles. The number of carboxylic acids is 1. The fourth-order valence-corrected chi connectivity index (χ4v) is 0. The van der Waals surface area contributed by atoms with Gasteiger partial charge in [0.05, 0.1) is 6.92 Å². The largest absolute Gasteiger partial charge is 0.478 e. The summed E-state index contributed by atoms with van der Waals surface area (Å²) in [5.74, 6) is -0.856. The normalized spacial score (nSPS) is 7.20. The van der Waals surface area contributed by atoms with Crippen LogP contribution in [0.4, 0.5) is 0 Å². The van der Waals surface area contributed by atoms with Crippen molar-refractivity contribution in [2.75, 3.05) is 0 Å². The van der Waals surface area contributed by atoms with E-state index in [-0.39, 0.29) is 6.42 Å². The fraction of sp³-hybridized carbons (Fsp3) is 0.333. The van der Waals surface area contributed by atoms with E-state index in [9.17, 15) is 4.79 Å². The molecule has 0 fully saturated rings. The number of carbonyl (C=O) groups is 1. The third-order valence-electron chi connectivity index (χ3n) is 0.214. The molecule has 0 aliphatic rings. The zero-order chi connectivity index (χ0) is 4.28. The molecule has 0 aliphatic carbocycles. The van der Waals surface area contributed by atoms with Gasteiger partial charge < -0.3 is 5.11 Å². The highest BCUT2D eigenvalue weighted by atomic mass is 16.4. The van der Waals surface area contributed by atoms with Crippen molar-refractivity contribution in [2.24, 2.45) is 0 Å². The summed E-state index contributed by atoms with van der Waals surface area (Å²) in [6.07, 6.45) is -0.0278. The summed E-state index contributed by atoms with van der Waals surface area (Å²) in [5, 5.41) is 7.66. The third-order valence-corrected chi connectivity index (χ3v) is 0.214. The van der Waals surface area contributed by atoms with Crippen molar-refractivity contribution in [1.29, 1.82) is 0 Å². The van der Waals surface area contributed by atoms with Crippen molar-refractivity contribution in [3.05, 3.63) is 6.92 Å². The summed E-state index contributed by atoms with van der Waals surface area (Å²) in [5.41, 5.74) is 0. The molecule has 5 heavy (non-hydrogen) atoms. The van der Waals surface area contributed by atoms with Crippen molar-refractivity contribution in [1.82, 2.24) is 0 Å². The monoisotopic (exact) mass is 73.0 g/mol. The topological polar surface area (TPSA) is 37.3 Å². The van der Waals surface area contributed by atoms with E-state index < -0.39 is 5.97 Å². The molecular weight excluding hydrogens is 68.0 g/mol. The van der Waals surface area contributed by atoms with E-state index in [1.807, 2.05) is 0 Å². The van der Waals surface area contributed by atoms with Gasteiger partial charge in [-0.05, 0) is 0 Å². The molecule has 2 nitrogen and oxygen atoms in total. The minimum absolute atomic E-state index is 0.0278. The van der Waals surface area contributed by atoms with Crippen molar-refractivity contribution >= 4 is 5.97 Å². The first-order valence-corrected chi connectivity index (χ1v) is 1.28. The molecule has 0 saturated heterocycles. The molecule has 0 heterocycles. The molecule has 0 aliphatic heterocycles. The van der Waals surface area contributed by atoms with Crippen LogP contribution in [0.25, 0.3) is 0 Å². The lowest BCUT2D eigenvalue weighted by atomic mass is 10.5. The summed E-state index contributed by atoms with van der Waals surface area (Å²) in [4.78, 5) is 9.31. The molecule has 0 saturated carbocycles. The Morgan fingerprint density at radius 1 is 2.00 bits per heavy atom. The quantitative estimate of drug-likeness (QED) is 0.453. The van der Waals surface area contributed by atoms with Crippen molar-refractivity contribution in [3.8, 4) is 0 Å². The molecule has 0 radical (unpaired) electrons. The number of rotatable bonds is 1. The van der Waals surface area contributed by atoms with E-state index in [0.717, 1.165) is 0 Å². The fourth-order valence-electron chi connectivity index (χ4n) is 0. The first kappa shape index (κ1) is 4.34. The minimum Gasteiger partial charge on any atom is -0.478 e. The van der Waals surface area contributed by atoms with E-state index >= 15 is 0 Å². The summed E-state index contributed by atoms with van der Waals surface area (Å²) < 4.78 is 0. The first-order chi connectivity index (χ1) is 2.27. The van der Waals surface area contributed by atoms with Crippen LogP contribution in [0.1, 0.15) is 6.42 Å². The Kier molecular flexibility index (Phi) is 1.42. The summed E-state index contributed by atoms with van der Waals surface area (Å²) in [6, 6.07) is 0. The summed E-state index contributed by atoms with van der Waals surface area (Å²) >= 11 is 0. The van der Waals surface area contributed by atoms with Crippen molar-refractivity contribution < 1.29 is 9.90 Å². The van der Waals surface area contributed by atoms with Gasteiger partial charge >= 0.3 is 5.97 Å². The van der Waals surface area contributed by atoms with Crippen molar-refractivity contribution in [2.45, 2.75) is 6.42 Å². The number of carboxylic acid groups (broad SMARTS) is 1. The van der Waals surface area contributed by atoms with Crippen molar-refractivity contribution in [3.63, 3.8) is 0 Å². The number of hydrogen-bond acceptors (Lipinski definition) is 1. The highest BCUT2D eigenvalue weighted by Gasteiger charge is 1.88. The van der Waals surface area contributed by atoms with Crippen LogP contribution in [-0.2, 0) is 4.79 Å². The SMILES string of the molecule is [CH2+]CC(=O)O. The molecule has 0 rings (SSSR count). The lowest BCUT2D eigenvalue weighted by Crippen LogP contribution is -1.87. The van der Waals surface area contributed by atoms with Crippen LogP contribution < -0.4 is 0 Å². The average molecular weight is 73.1 g/mol. The predicted octanol–water partition coefficient (Wildman–Crippen LogP) is 0.295. The van der Waals surface area contributed by atoms with Gasteiger partial charge in [0.2, 0.25) is 0 Å². The standard InChI is InChI=1S/C3H4O2/c1-2-3(4)5/h1-2H2/p+1. The highest BCUT2D eigenvalue weighted by molar-refractivity contribution is 5.67. The van der Waals surface area contributed by atoms with Crippen LogP contribution in [-0.4, -0.2) is 11.1 Å². The van der Waals surface area contributed by atoms with Gasteiger partial charge in [-0.15, -0.1) is 0 Å². The van der Waals surface area contributed by atoms with Crippen LogP contribution in [0.2, 0.25) is 0 Å². The number of aliphatic carboxylic acids is 1. The average Bonchev–Trinajstić information content (AvgIpc) is 1.38. The number of hydrogen-bond donors (Lipinski definition) is 1. The lowest BCUT2D eigenvalue weighted by Gasteiger charge is -1.65. The second kappa shape index (κ2) is 1.64. The molecule has 28 valence electrons. The Labute approximate surface area is 30.4 Å². The Morgan fingerprint density at radius 3 is 2.20 bits per heavy atom.